The van der Waals surface area contributed by atoms with Gasteiger partial charge < -0.3 is 4.74 Å². The first kappa shape index (κ1) is 13.8. The molecule has 0 fully saturated rings. The van der Waals surface area contributed by atoms with E-state index in [0.29, 0.717) is 6.42 Å². The summed E-state index contributed by atoms with van der Waals surface area (Å²) in [6, 6.07) is 3.40. The number of methoxy groups -OCH3 is 1. The standard InChI is InChI=1S/C13H16F2O2/c1-13(2,17-3)8-7-11(16)12-9(14)5-4-6-10(12)15/h4-6H,7-8H2,1-3H3. The predicted molar refractivity (Wildman–Crippen MR) is 61.0 cm³/mol. The van der Waals surface area contributed by atoms with Gasteiger partial charge in [0.05, 0.1) is 11.2 Å². The Morgan fingerprint density at radius 3 is 2.29 bits per heavy atom. The van der Waals surface area contributed by atoms with E-state index in [1.165, 1.54) is 13.2 Å². The molecule has 0 aliphatic carbocycles. The molecule has 0 heterocycles. The van der Waals surface area contributed by atoms with Gasteiger partial charge in [-0.1, -0.05) is 6.07 Å². The lowest BCUT2D eigenvalue weighted by molar-refractivity contribution is 0.0141. The maximum atomic E-state index is 13.3. The molecule has 0 aromatic heterocycles. The van der Waals surface area contributed by atoms with Crippen LogP contribution in [0, 0.1) is 11.6 Å². The van der Waals surface area contributed by atoms with Gasteiger partial charge in [0.2, 0.25) is 0 Å². The van der Waals surface area contributed by atoms with E-state index in [1.54, 1.807) is 0 Å². The lowest BCUT2D eigenvalue weighted by atomic mass is 9.97. The molecule has 0 unspecified atom stereocenters. The lowest BCUT2D eigenvalue weighted by Gasteiger charge is -2.22. The molecule has 0 amide bonds. The zero-order valence-electron chi connectivity index (χ0n) is 10.2. The van der Waals surface area contributed by atoms with E-state index < -0.39 is 28.6 Å². The fourth-order valence-corrected chi connectivity index (χ4v) is 1.41. The summed E-state index contributed by atoms with van der Waals surface area (Å²) >= 11 is 0. The maximum Gasteiger partial charge on any atom is 0.168 e. The van der Waals surface area contributed by atoms with Crippen molar-refractivity contribution in [3.05, 3.63) is 35.4 Å². The molecule has 2 nitrogen and oxygen atoms in total. The molecule has 1 rings (SSSR count). The van der Waals surface area contributed by atoms with Gasteiger partial charge in [0, 0.05) is 13.5 Å². The third-order valence-electron chi connectivity index (χ3n) is 2.75. The van der Waals surface area contributed by atoms with E-state index in [0.717, 1.165) is 12.1 Å². The minimum Gasteiger partial charge on any atom is -0.379 e. The third kappa shape index (κ3) is 3.60. The summed E-state index contributed by atoms with van der Waals surface area (Å²) in [6.45, 7) is 3.63. The fraction of sp³-hybridized carbons (Fsp3) is 0.462. The molecule has 17 heavy (non-hydrogen) atoms. The molecule has 94 valence electrons. The molecule has 0 aliphatic heterocycles. The second kappa shape index (κ2) is 5.36. The number of hydrogen-bond acceptors (Lipinski definition) is 2. The molecule has 0 radical (unpaired) electrons. The number of carbonyl (C=O) groups excluding carboxylic acids is 1. The van der Waals surface area contributed by atoms with Gasteiger partial charge in [-0.2, -0.15) is 0 Å². The Labute approximate surface area is 99.6 Å². The van der Waals surface area contributed by atoms with Crippen LogP contribution in [0.5, 0.6) is 0 Å². The fourth-order valence-electron chi connectivity index (χ4n) is 1.41. The molecule has 0 atom stereocenters. The van der Waals surface area contributed by atoms with Crippen LogP contribution >= 0.6 is 0 Å². The van der Waals surface area contributed by atoms with Crippen LogP contribution in [0.2, 0.25) is 0 Å². The number of Topliss-reactive ketones (excluding diaryl/α,β-unsaturated/α-hetero) is 1. The van der Waals surface area contributed by atoms with Gasteiger partial charge in [-0.3, -0.25) is 4.79 Å². The van der Waals surface area contributed by atoms with Gasteiger partial charge in [0.15, 0.2) is 5.78 Å². The van der Waals surface area contributed by atoms with E-state index in [9.17, 15) is 13.6 Å². The zero-order valence-corrected chi connectivity index (χ0v) is 10.2. The van der Waals surface area contributed by atoms with Crippen molar-refractivity contribution in [1.82, 2.24) is 0 Å². The maximum absolute atomic E-state index is 13.3. The second-order valence-electron chi connectivity index (χ2n) is 4.48. The Morgan fingerprint density at radius 2 is 1.82 bits per heavy atom. The van der Waals surface area contributed by atoms with Gasteiger partial charge in [0.1, 0.15) is 11.6 Å². The van der Waals surface area contributed by atoms with Crippen LogP contribution in [0.3, 0.4) is 0 Å². The van der Waals surface area contributed by atoms with Gasteiger partial charge in [0.25, 0.3) is 0 Å². The van der Waals surface area contributed by atoms with Crippen LogP contribution < -0.4 is 0 Å². The first-order chi connectivity index (χ1) is 7.87. The molecule has 1 aromatic carbocycles. The van der Waals surface area contributed by atoms with E-state index in [2.05, 4.69) is 0 Å². The first-order valence-corrected chi connectivity index (χ1v) is 5.40. The SMILES string of the molecule is COC(C)(C)CCC(=O)c1c(F)cccc1F. The highest BCUT2D eigenvalue weighted by Gasteiger charge is 2.22. The molecular formula is C13H16F2O2. The normalized spacial score (nSPS) is 11.6. The van der Waals surface area contributed by atoms with Crippen molar-refractivity contribution < 1.29 is 18.3 Å². The third-order valence-corrected chi connectivity index (χ3v) is 2.75. The van der Waals surface area contributed by atoms with Crippen molar-refractivity contribution >= 4 is 5.78 Å². The molecule has 0 aliphatic rings. The van der Waals surface area contributed by atoms with Crippen molar-refractivity contribution in [1.29, 1.82) is 0 Å². The molecule has 4 heteroatoms. The smallest absolute Gasteiger partial charge is 0.168 e. The van der Waals surface area contributed by atoms with Crippen LogP contribution in [0.1, 0.15) is 37.0 Å². The number of carbonyl (C=O) groups is 1. The summed E-state index contributed by atoms with van der Waals surface area (Å²) in [7, 11) is 1.54. The van der Waals surface area contributed by atoms with Crippen molar-refractivity contribution in [2.45, 2.75) is 32.3 Å². The lowest BCUT2D eigenvalue weighted by Crippen LogP contribution is -2.23. The highest BCUT2D eigenvalue weighted by atomic mass is 19.1. The van der Waals surface area contributed by atoms with Crippen LogP contribution in [0.25, 0.3) is 0 Å². The number of halogens is 2. The van der Waals surface area contributed by atoms with Crippen LogP contribution in [0.4, 0.5) is 8.78 Å². The van der Waals surface area contributed by atoms with E-state index in [1.807, 2.05) is 13.8 Å². The van der Waals surface area contributed by atoms with Crippen molar-refractivity contribution in [2.24, 2.45) is 0 Å². The largest absolute Gasteiger partial charge is 0.379 e. The van der Waals surface area contributed by atoms with Gasteiger partial charge in [-0.15, -0.1) is 0 Å². The average Bonchev–Trinajstić information content (AvgIpc) is 2.26. The molecule has 0 saturated heterocycles. The summed E-state index contributed by atoms with van der Waals surface area (Å²) in [5, 5.41) is 0. The Hall–Kier alpha value is -1.29. The van der Waals surface area contributed by atoms with Crippen LogP contribution in [-0.4, -0.2) is 18.5 Å². The quantitative estimate of drug-likeness (QED) is 0.740. The minimum absolute atomic E-state index is 0.0543. The Morgan fingerprint density at radius 1 is 1.29 bits per heavy atom. The summed E-state index contributed by atoms with van der Waals surface area (Å²) in [6.07, 6.45) is 0.467. The van der Waals surface area contributed by atoms with Crippen LogP contribution in [-0.2, 0) is 4.74 Å². The van der Waals surface area contributed by atoms with Crippen LogP contribution in [0.15, 0.2) is 18.2 Å². The average molecular weight is 242 g/mol. The number of benzene rings is 1. The molecule has 0 spiro atoms. The molecule has 0 bridgehead atoms. The van der Waals surface area contributed by atoms with Crippen molar-refractivity contribution in [3.8, 4) is 0 Å². The van der Waals surface area contributed by atoms with Gasteiger partial charge in [-0.25, -0.2) is 8.78 Å². The Bertz CT molecular complexity index is 394. The van der Waals surface area contributed by atoms with E-state index >= 15 is 0 Å². The van der Waals surface area contributed by atoms with Gasteiger partial charge in [-0.05, 0) is 32.4 Å². The van der Waals surface area contributed by atoms with E-state index in [-0.39, 0.29) is 6.42 Å². The highest BCUT2D eigenvalue weighted by Crippen LogP contribution is 2.20. The second-order valence-corrected chi connectivity index (χ2v) is 4.48. The monoisotopic (exact) mass is 242 g/mol. The Kier molecular flexibility index (Phi) is 4.34. The minimum atomic E-state index is -0.815. The van der Waals surface area contributed by atoms with Gasteiger partial charge >= 0.3 is 0 Å². The first-order valence-electron chi connectivity index (χ1n) is 5.40. The molecular weight excluding hydrogens is 226 g/mol. The van der Waals surface area contributed by atoms with Crippen molar-refractivity contribution in [2.75, 3.05) is 7.11 Å². The van der Waals surface area contributed by atoms with Crippen molar-refractivity contribution in [3.63, 3.8) is 0 Å². The zero-order chi connectivity index (χ0) is 13.1. The number of ether oxygens (including phenoxy) is 1. The summed E-state index contributed by atoms with van der Waals surface area (Å²) < 4.78 is 31.8. The summed E-state index contributed by atoms with van der Waals surface area (Å²) in [4.78, 5) is 11.7. The topological polar surface area (TPSA) is 26.3 Å². The molecule has 0 saturated carbocycles. The van der Waals surface area contributed by atoms with E-state index in [4.69, 9.17) is 4.74 Å². The highest BCUT2D eigenvalue weighted by molar-refractivity contribution is 5.96. The predicted octanol–water partition coefficient (Wildman–Crippen LogP) is 3.35. The number of ketones is 1. The number of hydrogen-bond donors (Lipinski definition) is 0. The summed E-state index contributed by atoms with van der Waals surface area (Å²) in [5.74, 6) is -2.17. The summed E-state index contributed by atoms with van der Waals surface area (Å²) in [5.41, 5.74) is -0.934. The molecule has 0 N–H and O–H groups in total. The number of rotatable bonds is 5. The Balaban J connectivity index is 2.78. The molecule has 1 aromatic rings.